The molecule has 12 heteroatoms. The second-order valence-corrected chi connectivity index (χ2v) is 13.4. The maximum Gasteiger partial charge on any atom is 0.410 e. The summed E-state index contributed by atoms with van der Waals surface area (Å²) < 4.78 is 10.7. The van der Waals surface area contributed by atoms with Gasteiger partial charge in [0.2, 0.25) is 0 Å². The van der Waals surface area contributed by atoms with E-state index < -0.39 is 11.2 Å². The van der Waals surface area contributed by atoms with Gasteiger partial charge >= 0.3 is 12.2 Å². The average Bonchev–Trinajstić information content (AvgIpc) is 3.20. The normalized spacial score (nSPS) is 18.1. The third-order valence-electron chi connectivity index (χ3n) is 7.46. The number of rotatable bonds is 7. The Morgan fingerprint density at radius 2 is 1.05 bits per heavy atom. The predicted octanol–water partition coefficient (Wildman–Crippen LogP) is 3.11. The van der Waals surface area contributed by atoms with Gasteiger partial charge in [-0.15, -0.1) is 0 Å². The fourth-order valence-corrected chi connectivity index (χ4v) is 5.17. The highest BCUT2D eigenvalue weighted by molar-refractivity contribution is 6.21. The Morgan fingerprint density at radius 3 is 1.41 bits per heavy atom. The van der Waals surface area contributed by atoms with Gasteiger partial charge in [-0.05, 0) is 86.2 Å². The highest BCUT2D eigenvalue weighted by atomic mass is 16.6. The standard InChI is InChI=1S/C20H27N3O4.C12H25N3O2/c1-20(2,3)27-19(26)22-13-11-21(12-14-22)9-6-10-23-17(24)15-7-4-5-8-16(15)18(23)25;1-12(2,3)17-11(16)15-9-7-14(8-10-15)6-4-5-13/h4-5,7-8H,6,9-14H2,1-3H3;4-10,13H2,1-3H3. The van der Waals surface area contributed by atoms with Crippen LogP contribution >= 0.6 is 0 Å². The lowest BCUT2D eigenvalue weighted by molar-refractivity contribution is 0.0134. The summed E-state index contributed by atoms with van der Waals surface area (Å²) in [7, 11) is 0. The van der Waals surface area contributed by atoms with Crippen molar-refractivity contribution in [1.29, 1.82) is 0 Å². The second-order valence-electron chi connectivity index (χ2n) is 13.4. The minimum absolute atomic E-state index is 0.198. The van der Waals surface area contributed by atoms with Gasteiger partial charge in [-0.1, -0.05) is 12.1 Å². The lowest BCUT2D eigenvalue weighted by Gasteiger charge is -2.35. The Bertz CT molecular complexity index is 1100. The Labute approximate surface area is 262 Å². The molecule has 0 unspecified atom stereocenters. The van der Waals surface area contributed by atoms with Crippen LogP contribution in [0.25, 0.3) is 0 Å². The topological polar surface area (TPSA) is 129 Å². The van der Waals surface area contributed by atoms with Crippen molar-refractivity contribution in [3.63, 3.8) is 0 Å². The van der Waals surface area contributed by atoms with E-state index in [1.54, 1.807) is 34.1 Å². The lowest BCUT2D eigenvalue weighted by atomic mass is 10.1. The molecule has 0 aliphatic carbocycles. The smallest absolute Gasteiger partial charge is 0.410 e. The summed E-state index contributed by atoms with van der Waals surface area (Å²) in [6.45, 7) is 20.3. The number of hydrogen-bond donors (Lipinski definition) is 1. The molecule has 1 aromatic rings. The van der Waals surface area contributed by atoms with Crippen LogP contribution in [0.5, 0.6) is 0 Å². The van der Waals surface area contributed by atoms with Crippen LogP contribution in [0.2, 0.25) is 0 Å². The Kier molecular flexibility index (Phi) is 12.6. The number of carbonyl (C=O) groups excluding carboxylic acids is 4. The molecule has 0 atom stereocenters. The molecule has 44 heavy (non-hydrogen) atoms. The van der Waals surface area contributed by atoms with Gasteiger partial charge in [0.1, 0.15) is 11.2 Å². The van der Waals surface area contributed by atoms with Crippen molar-refractivity contribution in [1.82, 2.24) is 24.5 Å². The molecule has 2 saturated heterocycles. The molecule has 3 aliphatic rings. The molecule has 0 saturated carbocycles. The molecular formula is C32H52N6O6. The van der Waals surface area contributed by atoms with E-state index in [2.05, 4.69) is 9.80 Å². The average molecular weight is 617 g/mol. The zero-order valence-electron chi connectivity index (χ0n) is 27.5. The Morgan fingerprint density at radius 1 is 0.659 bits per heavy atom. The molecule has 4 amide bonds. The number of nitrogens with zero attached hydrogens (tertiary/aromatic N) is 5. The summed E-state index contributed by atoms with van der Waals surface area (Å²) in [5.41, 5.74) is 5.57. The van der Waals surface area contributed by atoms with Crippen molar-refractivity contribution >= 4 is 24.0 Å². The molecule has 1 aromatic carbocycles. The van der Waals surface area contributed by atoms with E-state index in [9.17, 15) is 19.2 Å². The number of hydrogen-bond acceptors (Lipinski definition) is 9. The molecule has 246 valence electrons. The minimum atomic E-state index is -0.486. The molecular weight excluding hydrogens is 564 g/mol. The van der Waals surface area contributed by atoms with Crippen LogP contribution in [-0.4, -0.2) is 138 Å². The number of imide groups is 1. The quantitative estimate of drug-likeness (QED) is 0.460. The summed E-state index contributed by atoms with van der Waals surface area (Å²) in [5, 5.41) is 0. The first kappa shape index (κ1) is 35.3. The van der Waals surface area contributed by atoms with Crippen LogP contribution in [0.3, 0.4) is 0 Å². The van der Waals surface area contributed by atoms with Crippen molar-refractivity contribution in [2.24, 2.45) is 5.73 Å². The van der Waals surface area contributed by atoms with E-state index >= 15 is 0 Å². The van der Waals surface area contributed by atoms with E-state index in [1.165, 1.54) is 4.90 Å². The number of nitrogens with two attached hydrogens (primary N) is 1. The number of fused-ring (bicyclic) bond motifs is 1. The molecule has 0 aromatic heterocycles. The summed E-state index contributed by atoms with van der Waals surface area (Å²) in [5.74, 6) is -0.407. The van der Waals surface area contributed by atoms with Crippen molar-refractivity contribution in [3.05, 3.63) is 35.4 Å². The molecule has 12 nitrogen and oxygen atoms in total. The van der Waals surface area contributed by atoms with E-state index in [0.717, 1.165) is 71.7 Å². The van der Waals surface area contributed by atoms with E-state index in [-0.39, 0.29) is 24.0 Å². The predicted molar refractivity (Wildman–Crippen MR) is 169 cm³/mol. The number of benzene rings is 1. The van der Waals surface area contributed by atoms with Crippen LogP contribution in [-0.2, 0) is 9.47 Å². The van der Waals surface area contributed by atoms with Gasteiger partial charge in [-0.3, -0.25) is 24.3 Å². The van der Waals surface area contributed by atoms with Crippen LogP contribution in [0.15, 0.2) is 24.3 Å². The van der Waals surface area contributed by atoms with Crippen molar-refractivity contribution in [2.75, 3.05) is 78.5 Å². The van der Waals surface area contributed by atoms with Crippen LogP contribution < -0.4 is 5.73 Å². The zero-order chi connectivity index (χ0) is 32.5. The second kappa shape index (κ2) is 15.7. The number of piperazine rings is 2. The van der Waals surface area contributed by atoms with Crippen molar-refractivity contribution in [3.8, 4) is 0 Å². The first-order chi connectivity index (χ1) is 20.7. The van der Waals surface area contributed by atoms with Gasteiger partial charge in [-0.25, -0.2) is 9.59 Å². The molecule has 3 aliphatic heterocycles. The van der Waals surface area contributed by atoms with E-state index in [4.69, 9.17) is 15.2 Å². The molecule has 0 radical (unpaired) electrons. The molecule has 2 fully saturated rings. The molecule has 4 rings (SSSR count). The van der Waals surface area contributed by atoms with Crippen LogP contribution in [0.1, 0.15) is 75.1 Å². The number of carbonyl (C=O) groups is 4. The first-order valence-corrected chi connectivity index (χ1v) is 15.7. The first-order valence-electron chi connectivity index (χ1n) is 15.7. The fraction of sp³-hybridized carbons (Fsp3) is 0.688. The molecule has 0 bridgehead atoms. The van der Waals surface area contributed by atoms with Crippen LogP contribution in [0.4, 0.5) is 9.59 Å². The highest BCUT2D eigenvalue weighted by Crippen LogP contribution is 2.22. The van der Waals surface area contributed by atoms with Gasteiger partial charge < -0.3 is 25.0 Å². The maximum absolute atomic E-state index is 12.4. The summed E-state index contributed by atoms with van der Waals surface area (Å²) in [6.07, 6.45) is 1.27. The highest BCUT2D eigenvalue weighted by Gasteiger charge is 2.35. The summed E-state index contributed by atoms with van der Waals surface area (Å²) in [6, 6.07) is 6.95. The monoisotopic (exact) mass is 616 g/mol. The fourth-order valence-electron chi connectivity index (χ4n) is 5.17. The number of amides is 4. The van der Waals surface area contributed by atoms with E-state index in [0.29, 0.717) is 30.8 Å². The Hall–Kier alpha value is -3.22. The van der Waals surface area contributed by atoms with Gasteiger partial charge in [0.15, 0.2) is 0 Å². The third-order valence-corrected chi connectivity index (χ3v) is 7.46. The molecule has 2 N–H and O–H groups in total. The van der Waals surface area contributed by atoms with Gasteiger partial charge in [0.05, 0.1) is 11.1 Å². The summed E-state index contributed by atoms with van der Waals surface area (Å²) >= 11 is 0. The maximum atomic E-state index is 12.4. The Balaban J connectivity index is 0.000000269. The van der Waals surface area contributed by atoms with Gasteiger partial charge in [0.25, 0.3) is 11.8 Å². The lowest BCUT2D eigenvalue weighted by Crippen LogP contribution is -2.50. The van der Waals surface area contributed by atoms with Crippen molar-refractivity contribution in [2.45, 2.75) is 65.6 Å². The molecule has 3 heterocycles. The summed E-state index contributed by atoms with van der Waals surface area (Å²) in [4.78, 5) is 58.0. The van der Waals surface area contributed by atoms with E-state index in [1.807, 2.05) is 41.5 Å². The van der Waals surface area contributed by atoms with Crippen LogP contribution in [0, 0.1) is 0 Å². The zero-order valence-corrected chi connectivity index (χ0v) is 27.5. The SMILES string of the molecule is CC(C)(C)OC(=O)N1CCN(CCCN)CC1.CC(C)(C)OC(=O)N1CCN(CCCN2C(=O)c3ccccc3C2=O)CC1. The third kappa shape index (κ3) is 10.7. The van der Waals surface area contributed by atoms with Gasteiger partial charge in [0, 0.05) is 58.9 Å². The van der Waals surface area contributed by atoms with Gasteiger partial charge in [-0.2, -0.15) is 0 Å². The molecule has 0 spiro atoms. The minimum Gasteiger partial charge on any atom is -0.444 e. The number of ether oxygens (including phenoxy) is 2. The largest absolute Gasteiger partial charge is 0.444 e. The van der Waals surface area contributed by atoms with Crippen molar-refractivity contribution < 1.29 is 28.7 Å².